The number of hydrogen-bond donors (Lipinski definition) is 0. The molecule has 1 aliphatic rings. The standard InChI is InChI=1S/C11H15ClN2OS/c1-7-10(16-8(2)13-7)11(15)14-5-3-4-9(12)6-14/h9H,3-6H2,1-2H3. The maximum atomic E-state index is 12.2. The van der Waals surface area contributed by atoms with Crippen LogP contribution in [-0.2, 0) is 0 Å². The van der Waals surface area contributed by atoms with E-state index in [4.69, 9.17) is 11.6 Å². The normalized spacial score (nSPS) is 21.2. The number of hydrogen-bond acceptors (Lipinski definition) is 3. The summed E-state index contributed by atoms with van der Waals surface area (Å²) in [6, 6.07) is 0. The van der Waals surface area contributed by atoms with Crippen molar-refractivity contribution < 1.29 is 4.79 Å². The maximum absolute atomic E-state index is 12.2. The van der Waals surface area contributed by atoms with Gasteiger partial charge in [0.1, 0.15) is 4.88 Å². The van der Waals surface area contributed by atoms with Crippen molar-refractivity contribution >= 4 is 28.8 Å². The van der Waals surface area contributed by atoms with Gasteiger partial charge in [0.25, 0.3) is 5.91 Å². The van der Waals surface area contributed by atoms with Crippen molar-refractivity contribution in [2.45, 2.75) is 32.1 Å². The van der Waals surface area contributed by atoms with Crippen LogP contribution in [0.25, 0.3) is 0 Å². The van der Waals surface area contributed by atoms with Gasteiger partial charge >= 0.3 is 0 Å². The van der Waals surface area contributed by atoms with Gasteiger partial charge in [-0.05, 0) is 26.7 Å². The topological polar surface area (TPSA) is 33.2 Å². The molecule has 1 fully saturated rings. The Hall–Kier alpha value is -0.610. The van der Waals surface area contributed by atoms with E-state index in [0.29, 0.717) is 6.54 Å². The molecule has 16 heavy (non-hydrogen) atoms. The summed E-state index contributed by atoms with van der Waals surface area (Å²) in [5.41, 5.74) is 0.837. The van der Waals surface area contributed by atoms with E-state index in [2.05, 4.69) is 4.98 Å². The van der Waals surface area contributed by atoms with Crippen molar-refractivity contribution in [1.82, 2.24) is 9.88 Å². The van der Waals surface area contributed by atoms with Gasteiger partial charge in [0.2, 0.25) is 0 Å². The van der Waals surface area contributed by atoms with Crippen LogP contribution in [0.1, 0.15) is 33.2 Å². The molecule has 88 valence electrons. The number of aryl methyl sites for hydroxylation is 2. The zero-order valence-electron chi connectivity index (χ0n) is 9.49. The van der Waals surface area contributed by atoms with Crippen molar-refractivity contribution in [3.63, 3.8) is 0 Å². The van der Waals surface area contributed by atoms with Gasteiger partial charge in [-0.1, -0.05) is 0 Å². The Kier molecular flexibility index (Phi) is 3.50. The van der Waals surface area contributed by atoms with Gasteiger partial charge in [-0.2, -0.15) is 0 Å². The lowest BCUT2D eigenvalue weighted by atomic mass is 10.1. The first-order valence-corrected chi connectivity index (χ1v) is 6.70. The molecule has 0 N–H and O–H groups in total. The van der Waals surface area contributed by atoms with Crippen LogP contribution in [0.15, 0.2) is 0 Å². The van der Waals surface area contributed by atoms with Crippen LogP contribution < -0.4 is 0 Å². The molecular weight excluding hydrogens is 244 g/mol. The predicted molar refractivity (Wildman–Crippen MR) is 66.4 cm³/mol. The Labute approximate surface area is 104 Å². The summed E-state index contributed by atoms with van der Waals surface area (Å²) in [7, 11) is 0. The minimum absolute atomic E-state index is 0.0912. The summed E-state index contributed by atoms with van der Waals surface area (Å²) in [6.07, 6.45) is 2.00. The van der Waals surface area contributed by atoms with Gasteiger partial charge < -0.3 is 4.90 Å². The zero-order chi connectivity index (χ0) is 11.7. The van der Waals surface area contributed by atoms with E-state index < -0.39 is 0 Å². The lowest BCUT2D eigenvalue weighted by Crippen LogP contribution is -2.40. The summed E-state index contributed by atoms with van der Waals surface area (Å²) in [5.74, 6) is 0.0912. The molecule has 1 saturated heterocycles. The van der Waals surface area contributed by atoms with Gasteiger partial charge in [-0.15, -0.1) is 22.9 Å². The number of likely N-dealkylation sites (tertiary alicyclic amines) is 1. The summed E-state index contributed by atoms with van der Waals surface area (Å²) in [5, 5.41) is 1.05. The second-order valence-corrected chi connectivity index (χ2v) is 5.96. The Morgan fingerprint density at radius 3 is 2.88 bits per heavy atom. The number of halogens is 1. The predicted octanol–water partition coefficient (Wildman–Crippen LogP) is 2.60. The minimum atomic E-state index is 0.0912. The number of rotatable bonds is 1. The smallest absolute Gasteiger partial charge is 0.265 e. The Morgan fingerprint density at radius 1 is 1.56 bits per heavy atom. The molecule has 5 heteroatoms. The van der Waals surface area contributed by atoms with Crippen LogP contribution in [0, 0.1) is 13.8 Å². The fourth-order valence-electron chi connectivity index (χ4n) is 1.98. The molecule has 2 heterocycles. The van der Waals surface area contributed by atoms with Crippen LogP contribution >= 0.6 is 22.9 Å². The number of carbonyl (C=O) groups excluding carboxylic acids is 1. The zero-order valence-corrected chi connectivity index (χ0v) is 11.1. The maximum Gasteiger partial charge on any atom is 0.265 e. The number of amides is 1. The van der Waals surface area contributed by atoms with E-state index in [-0.39, 0.29) is 11.3 Å². The highest BCUT2D eigenvalue weighted by Gasteiger charge is 2.25. The van der Waals surface area contributed by atoms with Crippen LogP contribution in [0.2, 0.25) is 0 Å². The van der Waals surface area contributed by atoms with Crippen molar-refractivity contribution in [3.8, 4) is 0 Å². The highest BCUT2D eigenvalue weighted by atomic mass is 35.5. The third-order valence-electron chi connectivity index (χ3n) is 2.75. The monoisotopic (exact) mass is 258 g/mol. The average molecular weight is 259 g/mol. The fraction of sp³-hybridized carbons (Fsp3) is 0.636. The molecule has 1 aromatic heterocycles. The molecule has 0 saturated carbocycles. The molecule has 1 amide bonds. The molecule has 1 aliphatic heterocycles. The van der Waals surface area contributed by atoms with Gasteiger partial charge in [0, 0.05) is 13.1 Å². The van der Waals surface area contributed by atoms with E-state index in [1.807, 2.05) is 18.7 Å². The van der Waals surface area contributed by atoms with Gasteiger partial charge in [-0.3, -0.25) is 4.79 Å². The van der Waals surface area contributed by atoms with Crippen LogP contribution in [0.3, 0.4) is 0 Å². The number of nitrogens with zero attached hydrogens (tertiary/aromatic N) is 2. The largest absolute Gasteiger partial charge is 0.336 e. The number of thiazole rings is 1. The number of alkyl halides is 1. The molecule has 1 atom stereocenters. The van der Waals surface area contributed by atoms with E-state index in [1.54, 1.807) is 0 Å². The van der Waals surface area contributed by atoms with E-state index >= 15 is 0 Å². The highest BCUT2D eigenvalue weighted by molar-refractivity contribution is 7.13. The molecule has 0 bridgehead atoms. The first-order valence-electron chi connectivity index (χ1n) is 5.45. The SMILES string of the molecule is Cc1nc(C)c(C(=O)N2CCCC(Cl)C2)s1. The molecule has 0 radical (unpaired) electrons. The number of aromatic nitrogens is 1. The molecule has 1 unspecified atom stereocenters. The first-order chi connectivity index (χ1) is 7.58. The molecule has 3 nitrogen and oxygen atoms in total. The van der Waals surface area contributed by atoms with Crippen molar-refractivity contribution in [2.24, 2.45) is 0 Å². The van der Waals surface area contributed by atoms with E-state index in [9.17, 15) is 4.79 Å². The molecule has 0 spiro atoms. The summed E-state index contributed by atoms with van der Waals surface area (Å²) < 4.78 is 0. The first kappa shape index (κ1) is 11.9. The molecule has 1 aromatic rings. The average Bonchev–Trinajstić information content (AvgIpc) is 2.57. The van der Waals surface area contributed by atoms with Crippen LogP contribution in [0.4, 0.5) is 0 Å². The molecular formula is C11H15ClN2OS. The Balaban J connectivity index is 2.15. The van der Waals surface area contributed by atoms with Crippen LogP contribution in [-0.4, -0.2) is 34.3 Å². The Bertz CT molecular complexity index is 405. The quantitative estimate of drug-likeness (QED) is 0.726. The molecule has 0 aromatic carbocycles. The fourth-order valence-corrected chi connectivity index (χ4v) is 3.19. The molecule has 0 aliphatic carbocycles. The number of carbonyl (C=O) groups is 1. The second kappa shape index (κ2) is 4.72. The van der Waals surface area contributed by atoms with Gasteiger partial charge in [0.15, 0.2) is 0 Å². The number of piperidine rings is 1. The van der Waals surface area contributed by atoms with Crippen molar-refractivity contribution in [1.29, 1.82) is 0 Å². The van der Waals surface area contributed by atoms with Crippen molar-refractivity contribution in [3.05, 3.63) is 15.6 Å². The van der Waals surface area contributed by atoms with Crippen molar-refractivity contribution in [2.75, 3.05) is 13.1 Å². The van der Waals surface area contributed by atoms with E-state index in [0.717, 1.165) is 35.0 Å². The summed E-state index contributed by atoms with van der Waals surface area (Å²) in [4.78, 5) is 19.1. The lowest BCUT2D eigenvalue weighted by molar-refractivity contribution is 0.0731. The highest BCUT2D eigenvalue weighted by Crippen LogP contribution is 2.22. The molecule has 2 rings (SSSR count). The third kappa shape index (κ3) is 2.38. The van der Waals surface area contributed by atoms with Gasteiger partial charge in [0.05, 0.1) is 16.1 Å². The van der Waals surface area contributed by atoms with E-state index in [1.165, 1.54) is 11.3 Å². The Morgan fingerprint density at radius 2 is 2.31 bits per heavy atom. The summed E-state index contributed by atoms with van der Waals surface area (Å²) in [6.45, 7) is 5.29. The van der Waals surface area contributed by atoms with Gasteiger partial charge in [-0.25, -0.2) is 4.98 Å². The minimum Gasteiger partial charge on any atom is -0.336 e. The van der Waals surface area contributed by atoms with Crippen LogP contribution in [0.5, 0.6) is 0 Å². The third-order valence-corrected chi connectivity index (χ3v) is 4.17. The summed E-state index contributed by atoms with van der Waals surface area (Å²) >= 11 is 7.55. The lowest BCUT2D eigenvalue weighted by Gasteiger charge is -2.29. The second-order valence-electron chi connectivity index (χ2n) is 4.14.